The molecule has 2 heterocycles. The van der Waals surface area contributed by atoms with Gasteiger partial charge in [-0.1, -0.05) is 12.1 Å². The minimum atomic E-state index is -0.817. The first kappa shape index (κ1) is 26.2. The summed E-state index contributed by atoms with van der Waals surface area (Å²) < 4.78 is 11.5. The summed E-state index contributed by atoms with van der Waals surface area (Å²) in [6.07, 6.45) is 0.00125. The van der Waals surface area contributed by atoms with Crippen LogP contribution in [0.3, 0.4) is 0 Å². The number of ether oxygens (including phenoxy) is 2. The smallest absolute Gasteiger partial charge is 0.300 e. The van der Waals surface area contributed by atoms with E-state index in [-0.39, 0.29) is 17.4 Å². The molecule has 1 fully saturated rings. The first-order valence-electron chi connectivity index (χ1n) is 13.0. The minimum Gasteiger partial charge on any atom is -0.507 e. The molecule has 1 saturated heterocycles. The molecule has 8 nitrogen and oxygen atoms in total. The summed E-state index contributed by atoms with van der Waals surface area (Å²) in [5, 5.41) is 11.6. The highest BCUT2D eigenvalue weighted by molar-refractivity contribution is 6.51. The van der Waals surface area contributed by atoms with Crippen LogP contribution in [-0.2, 0) is 9.59 Å². The first-order valence-corrected chi connectivity index (χ1v) is 13.0. The van der Waals surface area contributed by atoms with Crippen LogP contribution in [-0.4, -0.2) is 57.2 Å². The highest BCUT2D eigenvalue weighted by atomic mass is 16.5. The third-order valence-electron chi connectivity index (χ3n) is 6.98. The van der Waals surface area contributed by atoms with Gasteiger partial charge in [0.25, 0.3) is 11.7 Å². The number of anilines is 3. The zero-order chi connectivity index (χ0) is 27.8. The van der Waals surface area contributed by atoms with Crippen LogP contribution in [0.25, 0.3) is 5.76 Å². The summed E-state index contributed by atoms with van der Waals surface area (Å²) >= 11 is 0. The van der Waals surface area contributed by atoms with E-state index >= 15 is 0 Å². The summed E-state index contributed by atoms with van der Waals surface area (Å²) in [6, 6.07) is 19.2. The lowest BCUT2D eigenvalue weighted by Gasteiger charge is -2.28. The van der Waals surface area contributed by atoms with Crippen LogP contribution in [0.5, 0.6) is 11.5 Å². The number of aliphatic hydroxyl groups is 1. The molecule has 5 rings (SSSR count). The molecular weight excluding hydrogens is 494 g/mol. The third kappa shape index (κ3) is 4.90. The average molecular weight is 528 g/mol. The molecule has 8 heteroatoms. The summed E-state index contributed by atoms with van der Waals surface area (Å²) in [7, 11) is 5.83. The Balaban J connectivity index is 1.64. The largest absolute Gasteiger partial charge is 0.507 e. The summed E-state index contributed by atoms with van der Waals surface area (Å²) in [4.78, 5) is 32.5. The molecule has 3 aromatic carbocycles. The van der Waals surface area contributed by atoms with Crippen molar-refractivity contribution >= 4 is 34.5 Å². The summed E-state index contributed by atoms with van der Waals surface area (Å²) in [5.74, 6) is -0.287. The molecule has 2 aliphatic rings. The third-order valence-corrected chi connectivity index (χ3v) is 6.98. The van der Waals surface area contributed by atoms with Crippen molar-refractivity contribution in [2.75, 3.05) is 49.0 Å². The van der Waals surface area contributed by atoms with E-state index in [0.29, 0.717) is 41.5 Å². The number of Topliss-reactive ketones (excluding diaryl/α,β-unsaturated/α-hetero) is 1. The fourth-order valence-corrected chi connectivity index (χ4v) is 4.98. The minimum absolute atomic E-state index is 0.00125. The Morgan fingerprint density at radius 1 is 1.03 bits per heavy atom. The van der Waals surface area contributed by atoms with E-state index in [1.54, 1.807) is 42.5 Å². The monoisotopic (exact) mass is 527 g/mol. The number of ketones is 1. The fraction of sp³-hybridized carbons (Fsp3) is 0.290. The van der Waals surface area contributed by atoms with Crippen LogP contribution in [0, 0.1) is 0 Å². The SMILES string of the molecule is CC(C)Oc1ccc(N2C(=O)C(=O)/C(=C(\O)c3ccc4c(c3)N(C)CCO4)C2c2ccc(N(C)C)cc2)cc1. The highest BCUT2D eigenvalue weighted by Crippen LogP contribution is 2.44. The molecule has 1 N–H and O–H groups in total. The maximum atomic E-state index is 13.6. The Morgan fingerprint density at radius 3 is 2.36 bits per heavy atom. The van der Waals surface area contributed by atoms with E-state index in [1.165, 1.54) is 4.90 Å². The van der Waals surface area contributed by atoms with Gasteiger partial charge in [-0.05, 0) is 74.0 Å². The first-order chi connectivity index (χ1) is 18.7. The van der Waals surface area contributed by atoms with E-state index in [4.69, 9.17) is 9.47 Å². The number of amides is 1. The van der Waals surface area contributed by atoms with E-state index in [9.17, 15) is 14.7 Å². The van der Waals surface area contributed by atoms with Gasteiger partial charge in [-0.15, -0.1) is 0 Å². The highest BCUT2D eigenvalue weighted by Gasteiger charge is 2.47. The molecule has 1 atom stereocenters. The average Bonchev–Trinajstić information content (AvgIpc) is 3.18. The molecule has 0 radical (unpaired) electrons. The van der Waals surface area contributed by atoms with E-state index in [2.05, 4.69) is 0 Å². The molecule has 3 aromatic rings. The van der Waals surface area contributed by atoms with E-state index < -0.39 is 17.7 Å². The second-order valence-corrected chi connectivity index (χ2v) is 10.3. The van der Waals surface area contributed by atoms with Crippen LogP contribution in [0.2, 0.25) is 0 Å². The van der Waals surface area contributed by atoms with Gasteiger partial charge in [0.2, 0.25) is 0 Å². The number of rotatable bonds is 6. The van der Waals surface area contributed by atoms with Gasteiger partial charge in [-0.2, -0.15) is 0 Å². The van der Waals surface area contributed by atoms with Crippen molar-refractivity contribution in [2.24, 2.45) is 0 Å². The van der Waals surface area contributed by atoms with Crippen LogP contribution in [0.15, 0.2) is 72.3 Å². The van der Waals surface area contributed by atoms with Gasteiger partial charge in [0.1, 0.15) is 23.9 Å². The van der Waals surface area contributed by atoms with Crippen LogP contribution < -0.4 is 24.2 Å². The maximum absolute atomic E-state index is 13.6. The van der Waals surface area contributed by atoms with E-state index in [1.807, 2.05) is 69.1 Å². The van der Waals surface area contributed by atoms with Crippen LogP contribution >= 0.6 is 0 Å². The molecule has 0 aromatic heterocycles. The van der Waals surface area contributed by atoms with Gasteiger partial charge in [-0.25, -0.2) is 0 Å². The Labute approximate surface area is 228 Å². The number of benzene rings is 3. The standard InChI is InChI=1S/C31H33N3O5/c1-19(2)39-24-13-11-23(12-14-24)34-28(20-6-9-22(10-7-20)32(3)4)27(30(36)31(34)37)29(35)21-8-15-26-25(18-21)33(5)16-17-38-26/h6-15,18-19,28,35H,16-17H2,1-5H3/b29-27-. The van der Waals surface area contributed by atoms with Crippen molar-refractivity contribution in [3.05, 3.63) is 83.4 Å². The molecule has 0 aliphatic carbocycles. The van der Waals surface area contributed by atoms with Gasteiger partial charge < -0.3 is 24.4 Å². The normalized spacial score (nSPS) is 18.3. The molecule has 1 unspecified atom stereocenters. The number of aliphatic hydroxyl groups excluding tert-OH is 1. The topological polar surface area (TPSA) is 82.5 Å². The van der Waals surface area contributed by atoms with Crippen molar-refractivity contribution in [3.8, 4) is 11.5 Å². The second kappa shape index (κ2) is 10.4. The van der Waals surface area contributed by atoms with Crippen LogP contribution in [0.1, 0.15) is 31.0 Å². The number of nitrogens with zero attached hydrogens (tertiary/aromatic N) is 3. The van der Waals surface area contributed by atoms with Crippen molar-refractivity contribution in [2.45, 2.75) is 26.0 Å². The predicted octanol–water partition coefficient (Wildman–Crippen LogP) is 4.99. The Kier molecular flexibility index (Phi) is 6.95. The summed E-state index contributed by atoms with van der Waals surface area (Å²) in [5.41, 5.74) is 3.52. The molecule has 0 bridgehead atoms. The number of carbonyl (C=O) groups is 2. The molecule has 0 saturated carbocycles. The predicted molar refractivity (Wildman–Crippen MR) is 153 cm³/mol. The van der Waals surface area contributed by atoms with Crippen molar-refractivity contribution in [1.29, 1.82) is 0 Å². The Hall–Kier alpha value is -4.46. The zero-order valence-corrected chi connectivity index (χ0v) is 22.8. The fourth-order valence-electron chi connectivity index (χ4n) is 4.98. The van der Waals surface area contributed by atoms with Gasteiger partial charge in [0, 0.05) is 38.1 Å². The molecule has 1 amide bonds. The molecule has 202 valence electrons. The number of fused-ring (bicyclic) bond motifs is 1. The van der Waals surface area contributed by atoms with Gasteiger partial charge in [0.05, 0.1) is 30.0 Å². The number of carbonyl (C=O) groups excluding carboxylic acids is 2. The maximum Gasteiger partial charge on any atom is 0.300 e. The lowest BCUT2D eigenvalue weighted by molar-refractivity contribution is -0.132. The summed E-state index contributed by atoms with van der Waals surface area (Å²) in [6.45, 7) is 5.16. The van der Waals surface area contributed by atoms with E-state index in [0.717, 1.165) is 11.4 Å². The number of likely N-dealkylation sites (N-methyl/N-ethyl adjacent to an activating group) is 1. The van der Waals surface area contributed by atoms with Gasteiger partial charge in [-0.3, -0.25) is 14.5 Å². The lowest BCUT2D eigenvalue weighted by atomic mass is 9.94. The molecular formula is C31H33N3O5. The molecule has 0 spiro atoms. The second-order valence-electron chi connectivity index (χ2n) is 10.3. The molecule has 39 heavy (non-hydrogen) atoms. The lowest BCUT2D eigenvalue weighted by Crippen LogP contribution is -2.29. The van der Waals surface area contributed by atoms with Gasteiger partial charge >= 0.3 is 0 Å². The van der Waals surface area contributed by atoms with Crippen molar-refractivity contribution in [3.63, 3.8) is 0 Å². The zero-order valence-electron chi connectivity index (χ0n) is 22.8. The van der Waals surface area contributed by atoms with Crippen molar-refractivity contribution < 1.29 is 24.2 Å². The quantitative estimate of drug-likeness (QED) is 0.275. The molecule has 2 aliphatic heterocycles. The number of hydrogen-bond donors (Lipinski definition) is 1. The van der Waals surface area contributed by atoms with Crippen molar-refractivity contribution in [1.82, 2.24) is 0 Å². The Bertz CT molecular complexity index is 1430. The van der Waals surface area contributed by atoms with Gasteiger partial charge in [0.15, 0.2) is 0 Å². The van der Waals surface area contributed by atoms with Crippen LogP contribution in [0.4, 0.5) is 17.1 Å². The number of hydrogen-bond acceptors (Lipinski definition) is 7. The Morgan fingerprint density at radius 2 is 1.72 bits per heavy atom.